The number of aromatic nitrogens is 1. The summed E-state index contributed by atoms with van der Waals surface area (Å²) in [5.74, 6) is 0.314. The van der Waals surface area contributed by atoms with Gasteiger partial charge in [0.2, 0.25) is 11.8 Å². The SMILES string of the molecule is COc1ccc(N2C(=O)CCC(C(=O)NCc3ccncc3)C2c2ccccc2)cc1. The number of benzene rings is 2. The highest BCUT2D eigenvalue weighted by Crippen LogP contribution is 2.40. The summed E-state index contributed by atoms with van der Waals surface area (Å²) in [7, 11) is 1.61. The molecule has 2 amide bonds. The summed E-state index contributed by atoms with van der Waals surface area (Å²) in [6, 6.07) is 20.5. The van der Waals surface area contributed by atoms with Crippen LogP contribution in [0.4, 0.5) is 5.69 Å². The second kappa shape index (κ2) is 9.43. The minimum Gasteiger partial charge on any atom is -0.497 e. The number of ether oxygens (including phenoxy) is 1. The predicted octanol–water partition coefficient (Wildman–Crippen LogP) is 3.89. The van der Waals surface area contributed by atoms with E-state index in [1.165, 1.54) is 0 Å². The molecular weight excluding hydrogens is 390 g/mol. The number of methoxy groups -OCH3 is 1. The van der Waals surface area contributed by atoms with Crippen LogP contribution in [0.1, 0.15) is 30.0 Å². The van der Waals surface area contributed by atoms with Gasteiger partial charge in [-0.15, -0.1) is 0 Å². The first-order chi connectivity index (χ1) is 15.2. The van der Waals surface area contributed by atoms with E-state index < -0.39 is 0 Å². The van der Waals surface area contributed by atoms with Gasteiger partial charge in [-0.2, -0.15) is 0 Å². The van der Waals surface area contributed by atoms with E-state index in [9.17, 15) is 9.59 Å². The predicted molar refractivity (Wildman–Crippen MR) is 118 cm³/mol. The van der Waals surface area contributed by atoms with Crippen molar-refractivity contribution in [2.75, 3.05) is 12.0 Å². The molecule has 2 atom stereocenters. The van der Waals surface area contributed by atoms with Gasteiger partial charge in [0.25, 0.3) is 0 Å². The molecule has 0 radical (unpaired) electrons. The van der Waals surface area contributed by atoms with Crippen molar-refractivity contribution >= 4 is 17.5 Å². The van der Waals surface area contributed by atoms with E-state index in [4.69, 9.17) is 4.74 Å². The zero-order valence-electron chi connectivity index (χ0n) is 17.4. The number of nitrogens with zero attached hydrogens (tertiary/aromatic N) is 2. The van der Waals surface area contributed by atoms with E-state index in [-0.39, 0.29) is 23.8 Å². The second-order valence-electron chi connectivity index (χ2n) is 7.54. The van der Waals surface area contributed by atoms with Crippen LogP contribution in [0.15, 0.2) is 79.1 Å². The third-order valence-electron chi connectivity index (χ3n) is 5.64. The van der Waals surface area contributed by atoms with Gasteiger partial charge >= 0.3 is 0 Å². The molecule has 0 spiro atoms. The third kappa shape index (κ3) is 4.58. The number of carbonyl (C=O) groups is 2. The van der Waals surface area contributed by atoms with Gasteiger partial charge in [0.15, 0.2) is 0 Å². The fourth-order valence-corrected chi connectivity index (χ4v) is 4.07. The zero-order chi connectivity index (χ0) is 21.6. The van der Waals surface area contributed by atoms with E-state index in [1.54, 1.807) is 24.4 Å². The van der Waals surface area contributed by atoms with Gasteiger partial charge in [0, 0.05) is 31.0 Å². The maximum Gasteiger partial charge on any atom is 0.227 e. The molecule has 158 valence electrons. The molecule has 2 heterocycles. The van der Waals surface area contributed by atoms with Gasteiger partial charge < -0.3 is 15.0 Å². The number of amides is 2. The maximum atomic E-state index is 13.3. The summed E-state index contributed by atoms with van der Waals surface area (Å²) in [6.07, 6.45) is 4.24. The van der Waals surface area contributed by atoms with E-state index in [0.717, 1.165) is 22.6 Å². The summed E-state index contributed by atoms with van der Waals surface area (Å²) in [5.41, 5.74) is 2.68. The molecule has 4 rings (SSSR count). The average Bonchev–Trinajstić information content (AvgIpc) is 2.83. The van der Waals surface area contributed by atoms with Crippen LogP contribution in [0.3, 0.4) is 0 Å². The molecule has 2 unspecified atom stereocenters. The van der Waals surface area contributed by atoms with Gasteiger partial charge in [-0.1, -0.05) is 30.3 Å². The monoisotopic (exact) mass is 415 g/mol. The van der Waals surface area contributed by atoms with Gasteiger partial charge in [-0.05, 0) is 53.9 Å². The lowest BCUT2D eigenvalue weighted by Crippen LogP contribution is -2.48. The number of piperidine rings is 1. The largest absolute Gasteiger partial charge is 0.497 e. The Labute approximate surface area is 181 Å². The fourth-order valence-electron chi connectivity index (χ4n) is 4.07. The minimum atomic E-state index is -0.381. The Hall–Kier alpha value is -3.67. The van der Waals surface area contributed by atoms with Crippen LogP contribution >= 0.6 is 0 Å². The molecule has 31 heavy (non-hydrogen) atoms. The highest BCUT2D eigenvalue weighted by Gasteiger charge is 2.41. The normalized spacial score (nSPS) is 18.5. The molecule has 0 bridgehead atoms. The molecule has 3 aromatic rings. The van der Waals surface area contributed by atoms with Crippen LogP contribution in [-0.2, 0) is 16.1 Å². The topological polar surface area (TPSA) is 71.5 Å². The molecule has 1 saturated heterocycles. The lowest BCUT2D eigenvalue weighted by molar-refractivity contribution is -0.129. The Morgan fingerprint density at radius 3 is 2.45 bits per heavy atom. The van der Waals surface area contributed by atoms with Crippen molar-refractivity contribution in [3.05, 3.63) is 90.3 Å². The first-order valence-electron chi connectivity index (χ1n) is 10.3. The van der Waals surface area contributed by atoms with Gasteiger partial charge in [0.05, 0.1) is 19.1 Å². The van der Waals surface area contributed by atoms with Crippen molar-refractivity contribution < 1.29 is 14.3 Å². The Morgan fingerprint density at radius 2 is 1.77 bits per heavy atom. The van der Waals surface area contributed by atoms with Gasteiger partial charge in [0.1, 0.15) is 5.75 Å². The van der Waals surface area contributed by atoms with Crippen LogP contribution in [-0.4, -0.2) is 23.9 Å². The maximum absolute atomic E-state index is 13.3. The van der Waals surface area contributed by atoms with Crippen molar-refractivity contribution in [3.63, 3.8) is 0 Å². The number of nitrogens with one attached hydrogen (secondary N) is 1. The van der Waals surface area contributed by atoms with E-state index in [0.29, 0.717) is 19.4 Å². The molecule has 1 aliphatic heterocycles. The highest BCUT2D eigenvalue weighted by molar-refractivity contribution is 5.97. The van der Waals surface area contributed by atoms with Crippen molar-refractivity contribution in [1.29, 1.82) is 0 Å². The molecule has 1 N–H and O–H groups in total. The molecule has 2 aromatic carbocycles. The van der Waals surface area contributed by atoms with Gasteiger partial charge in [-0.3, -0.25) is 14.6 Å². The Morgan fingerprint density at radius 1 is 1.06 bits per heavy atom. The molecule has 0 saturated carbocycles. The van der Waals surface area contributed by atoms with Gasteiger partial charge in [-0.25, -0.2) is 0 Å². The Balaban J connectivity index is 1.65. The quantitative estimate of drug-likeness (QED) is 0.663. The summed E-state index contributed by atoms with van der Waals surface area (Å²) in [5, 5.41) is 3.05. The molecule has 1 aromatic heterocycles. The third-order valence-corrected chi connectivity index (χ3v) is 5.64. The Kier molecular flexibility index (Phi) is 6.26. The average molecular weight is 415 g/mol. The molecule has 1 aliphatic rings. The molecule has 6 nitrogen and oxygen atoms in total. The molecule has 0 aliphatic carbocycles. The Bertz CT molecular complexity index is 1020. The highest BCUT2D eigenvalue weighted by atomic mass is 16.5. The van der Waals surface area contributed by atoms with Crippen molar-refractivity contribution in [3.8, 4) is 5.75 Å². The lowest BCUT2D eigenvalue weighted by Gasteiger charge is -2.41. The lowest BCUT2D eigenvalue weighted by atomic mass is 9.83. The second-order valence-corrected chi connectivity index (χ2v) is 7.54. The zero-order valence-corrected chi connectivity index (χ0v) is 17.4. The van der Waals surface area contributed by atoms with Crippen molar-refractivity contribution in [2.24, 2.45) is 5.92 Å². The molecule has 1 fully saturated rings. The number of anilines is 1. The molecule has 6 heteroatoms. The number of hydrogen-bond acceptors (Lipinski definition) is 4. The summed E-state index contributed by atoms with van der Waals surface area (Å²) >= 11 is 0. The summed E-state index contributed by atoms with van der Waals surface area (Å²) in [6.45, 7) is 0.426. The first-order valence-corrected chi connectivity index (χ1v) is 10.3. The first kappa shape index (κ1) is 20.6. The standard InChI is InChI=1S/C25H25N3O3/c1-31-21-9-7-20(8-10-21)28-23(29)12-11-22(24(28)19-5-3-2-4-6-19)25(30)27-17-18-13-15-26-16-14-18/h2-10,13-16,22,24H,11-12,17H2,1H3,(H,27,30). The summed E-state index contributed by atoms with van der Waals surface area (Å²) < 4.78 is 5.26. The van der Waals surface area contributed by atoms with Crippen molar-refractivity contribution in [1.82, 2.24) is 10.3 Å². The van der Waals surface area contributed by atoms with Crippen molar-refractivity contribution in [2.45, 2.75) is 25.4 Å². The van der Waals surface area contributed by atoms with Crippen LogP contribution in [0.5, 0.6) is 5.75 Å². The van der Waals surface area contributed by atoms with Crippen LogP contribution in [0.25, 0.3) is 0 Å². The smallest absolute Gasteiger partial charge is 0.227 e. The fraction of sp³-hybridized carbons (Fsp3) is 0.240. The van der Waals surface area contributed by atoms with E-state index in [2.05, 4.69) is 10.3 Å². The van der Waals surface area contributed by atoms with Crippen LogP contribution in [0, 0.1) is 5.92 Å². The van der Waals surface area contributed by atoms with E-state index in [1.807, 2.05) is 66.7 Å². The minimum absolute atomic E-state index is 0.0113. The number of hydrogen-bond donors (Lipinski definition) is 1. The number of pyridine rings is 1. The summed E-state index contributed by atoms with van der Waals surface area (Å²) in [4.78, 5) is 32.1. The molecular formula is C25H25N3O3. The van der Waals surface area contributed by atoms with E-state index >= 15 is 0 Å². The van der Waals surface area contributed by atoms with Crippen LogP contribution in [0.2, 0.25) is 0 Å². The van der Waals surface area contributed by atoms with Crippen LogP contribution < -0.4 is 15.0 Å². The number of carbonyl (C=O) groups excluding carboxylic acids is 2. The number of rotatable bonds is 6.